The monoisotopic (exact) mass is 425 g/mol. The topological polar surface area (TPSA) is 90.3 Å². The van der Waals surface area contributed by atoms with Crippen molar-refractivity contribution >= 4 is 39.1 Å². The summed E-state index contributed by atoms with van der Waals surface area (Å²) in [7, 11) is 1.21. The second-order valence-electron chi connectivity index (χ2n) is 6.00. The maximum absolute atomic E-state index is 13.1. The van der Waals surface area contributed by atoms with Gasteiger partial charge in [-0.3, -0.25) is 14.2 Å². The fourth-order valence-electron chi connectivity index (χ4n) is 2.74. The first-order valence-electron chi connectivity index (χ1n) is 8.16. The Kier molecular flexibility index (Phi) is 5.42. The zero-order valence-electron chi connectivity index (χ0n) is 15.2. The Hall–Kier alpha value is -3.21. The van der Waals surface area contributed by atoms with Crippen LogP contribution in [0.4, 0.5) is 18.9 Å². The van der Waals surface area contributed by atoms with E-state index in [1.165, 1.54) is 19.2 Å². The summed E-state index contributed by atoms with van der Waals surface area (Å²) in [6.07, 6.45) is -3.53. The number of amides is 1. The Morgan fingerprint density at radius 1 is 1.28 bits per heavy atom. The number of para-hydroxylation sites is 1. The number of nitrogens with zero attached hydrogens (tertiary/aromatic N) is 2. The molecule has 3 rings (SSSR count). The van der Waals surface area contributed by atoms with Crippen molar-refractivity contribution in [3.8, 4) is 0 Å². The van der Waals surface area contributed by atoms with Gasteiger partial charge in [-0.05, 0) is 24.6 Å². The number of hydrogen-bond donors (Lipinski definition) is 1. The minimum atomic E-state index is -4.64. The van der Waals surface area contributed by atoms with Crippen LogP contribution in [0.1, 0.15) is 20.8 Å². The number of benzene rings is 1. The number of fused-ring (bicyclic) bond motifs is 1. The quantitative estimate of drug-likeness (QED) is 0.649. The van der Waals surface area contributed by atoms with Gasteiger partial charge in [-0.15, -0.1) is 11.3 Å². The van der Waals surface area contributed by atoms with Crippen LogP contribution in [-0.2, 0) is 22.3 Å². The third kappa shape index (κ3) is 3.99. The number of hydrogen-bond acceptors (Lipinski definition) is 6. The molecule has 2 heterocycles. The van der Waals surface area contributed by atoms with Crippen LogP contribution in [0.2, 0.25) is 0 Å². The van der Waals surface area contributed by atoms with Gasteiger partial charge in [0.05, 0.1) is 30.1 Å². The molecular weight excluding hydrogens is 411 g/mol. The molecule has 7 nitrogen and oxygen atoms in total. The van der Waals surface area contributed by atoms with Crippen LogP contribution in [0.15, 0.2) is 35.4 Å². The number of nitrogens with one attached hydrogen (secondary N) is 1. The predicted octanol–water partition coefficient (Wildman–Crippen LogP) is 3.21. The van der Waals surface area contributed by atoms with Crippen LogP contribution in [0.3, 0.4) is 0 Å². The van der Waals surface area contributed by atoms with Gasteiger partial charge in [0.1, 0.15) is 16.3 Å². The molecule has 0 bridgehead atoms. The highest BCUT2D eigenvalue weighted by Crippen LogP contribution is 2.34. The smallest absolute Gasteiger partial charge is 0.418 e. The maximum Gasteiger partial charge on any atom is 0.418 e. The molecule has 0 aliphatic rings. The van der Waals surface area contributed by atoms with Gasteiger partial charge in [0.15, 0.2) is 0 Å². The lowest BCUT2D eigenvalue weighted by atomic mass is 10.1. The Labute approximate surface area is 165 Å². The lowest BCUT2D eigenvalue weighted by Crippen LogP contribution is -2.28. The molecule has 1 N–H and O–H groups in total. The number of anilines is 1. The number of ether oxygens (including phenoxy) is 1. The van der Waals surface area contributed by atoms with Crippen molar-refractivity contribution < 1.29 is 27.5 Å². The summed E-state index contributed by atoms with van der Waals surface area (Å²) in [5, 5.41) is 2.32. The molecule has 1 amide bonds. The van der Waals surface area contributed by atoms with Crippen LogP contribution in [-0.4, -0.2) is 28.5 Å². The molecule has 152 valence electrons. The lowest BCUT2D eigenvalue weighted by molar-refractivity contribution is -0.137. The average molecular weight is 425 g/mol. The van der Waals surface area contributed by atoms with Crippen LogP contribution in [0, 0.1) is 6.92 Å². The summed E-state index contributed by atoms with van der Waals surface area (Å²) < 4.78 is 44.8. The molecule has 11 heteroatoms. The molecule has 2 aromatic heterocycles. The first-order chi connectivity index (χ1) is 13.6. The Morgan fingerprint density at radius 2 is 1.97 bits per heavy atom. The normalized spacial score (nSPS) is 11.5. The third-order valence-corrected chi connectivity index (χ3v) is 5.29. The predicted molar refractivity (Wildman–Crippen MR) is 100 cm³/mol. The molecule has 0 spiro atoms. The highest BCUT2D eigenvalue weighted by molar-refractivity contribution is 7.20. The first kappa shape index (κ1) is 20.5. The Bertz CT molecular complexity index is 1170. The molecule has 0 aliphatic carbocycles. The number of aromatic nitrogens is 2. The molecule has 0 aliphatic heterocycles. The van der Waals surface area contributed by atoms with E-state index in [4.69, 9.17) is 0 Å². The van der Waals surface area contributed by atoms with E-state index < -0.39 is 41.4 Å². The third-order valence-electron chi connectivity index (χ3n) is 4.11. The van der Waals surface area contributed by atoms with E-state index in [2.05, 4.69) is 15.0 Å². The van der Waals surface area contributed by atoms with Crippen molar-refractivity contribution in [1.82, 2.24) is 9.55 Å². The fourth-order valence-corrected chi connectivity index (χ4v) is 3.80. The van der Waals surface area contributed by atoms with Gasteiger partial charge in [0.25, 0.3) is 5.56 Å². The number of rotatable bonds is 4. The van der Waals surface area contributed by atoms with E-state index in [1.54, 1.807) is 6.92 Å². The van der Waals surface area contributed by atoms with Gasteiger partial charge in [-0.2, -0.15) is 13.2 Å². The van der Waals surface area contributed by atoms with Gasteiger partial charge in [-0.1, -0.05) is 12.1 Å². The number of esters is 1. The molecule has 0 saturated heterocycles. The zero-order valence-corrected chi connectivity index (χ0v) is 16.0. The number of aryl methyl sites for hydroxylation is 1. The van der Waals surface area contributed by atoms with Crippen molar-refractivity contribution in [3.05, 3.63) is 57.0 Å². The molecule has 3 aromatic rings. The summed E-state index contributed by atoms with van der Waals surface area (Å²) in [5.74, 6) is -1.44. The van der Waals surface area contributed by atoms with E-state index in [1.807, 2.05) is 0 Å². The molecule has 0 fully saturated rings. The lowest BCUT2D eigenvalue weighted by Gasteiger charge is -2.13. The SMILES string of the molecule is COC(=O)c1sc2ncn(CC(=O)Nc3ccccc3C(F)(F)F)c(=O)c2c1C. The Morgan fingerprint density at radius 3 is 2.62 bits per heavy atom. The number of thiophene rings is 1. The number of alkyl halides is 3. The summed E-state index contributed by atoms with van der Waals surface area (Å²) in [4.78, 5) is 41.3. The van der Waals surface area contributed by atoms with Crippen molar-refractivity contribution in [2.24, 2.45) is 0 Å². The van der Waals surface area contributed by atoms with Gasteiger partial charge in [0.2, 0.25) is 5.91 Å². The zero-order chi connectivity index (χ0) is 21.3. The first-order valence-corrected chi connectivity index (χ1v) is 8.98. The second kappa shape index (κ2) is 7.66. The number of methoxy groups -OCH3 is 1. The minimum Gasteiger partial charge on any atom is -0.465 e. The summed E-state index contributed by atoms with van der Waals surface area (Å²) in [5.41, 5.74) is -1.62. The highest BCUT2D eigenvalue weighted by atomic mass is 32.1. The Balaban J connectivity index is 1.91. The number of halogens is 3. The molecule has 0 atom stereocenters. The minimum absolute atomic E-state index is 0.154. The van der Waals surface area contributed by atoms with Crippen LogP contribution in [0.25, 0.3) is 10.2 Å². The molecule has 0 saturated carbocycles. The van der Waals surface area contributed by atoms with Crippen LogP contribution in [0.5, 0.6) is 0 Å². The van der Waals surface area contributed by atoms with Gasteiger partial charge in [-0.25, -0.2) is 9.78 Å². The average Bonchev–Trinajstić information content (AvgIpc) is 3.00. The van der Waals surface area contributed by atoms with E-state index in [-0.39, 0.29) is 10.3 Å². The summed E-state index contributed by atoms with van der Waals surface area (Å²) in [6.45, 7) is 1.01. The highest BCUT2D eigenvalue weighted by Gasteiger charge is 2.33. The van der Waals surface area contributed by atoms with E-state index in [9.17, 15) is 27.6 Å². The van der Waals surface area contributed by atoms with Gasteiger partial charge < -0.3 is 10.1 Å². The van der Waals surface area contributed by atoms with E-state index in [0.29, 0.717) is 10.4 Å². The van der Waals surface area contributed by atoms with Crippen molar-refractivity contribution in [2.45, 2.75) is 19.6 Å². The van der Waals surface area contributed by atoms with Crippen LogP contribution < -0.4 is 10.9 Å². The molecule has 0 unspecified atom stereocenters. The van der Waals surface area contributed by atoms with Crippen molar-refractivity contribution in [1.29, 1.82) is 0 Å². The van der Waals surface area contributed by atoms with Gasteiger partial charge >= 0.3 is 12.1 Å². The number of carbonyl (C=O) groups is 2. The largest absolute Gasteiger partial charge is 0.465 e. The molecular formula is C18H14F3N3O4S. The molecule has 0 radical (unpaired) electrons. The molecule has 1 aromatic carbocycles. The van der Waals surface area contributed by atoms with E-state index in [0.717, 1.165) is 34.4 Å². The van der Waals surface area contributed by atoms with Gasteiger partial charge in [0, 0.05) is 0 Å². The standard InChI is InChI=1S/C18H14F3N3O4S/c1-9-13-15(29-14(9)17(27)28-2)22-8-24(16(13)26)7-12(25)23-11-6-4-3-5-10(11)18(19,20)21/h3-6,8H,7H2,1-2H3,(H,23,25). The van der Waals surface area contributed by atoms with Crippen molar-refractivity contribution in [2.75, 3.05) is 12.4 Å². The summed E-state index contributed by atoms with van der Waals surface area (Å²) in [6, 6.07) is 4.53. The fraction of sp³-hybridized carbons (Fsp3) is 0.222. The van der Waals surface area contributed by atoms with Crippen molar-refractivity contribution in [3.63, 3.8) is 0 Å². The van der Waals surface area contributed by atoms with Crippen LogP contribution >= 0.6 is 11.3 Å². The van der Waals surface area contributed by atoms with E-state index >= 15 is 0 Å². The summed E-state index contributed by atoms with van der Waals surface area (Å²) >= 11 is 0.981. The second-order valence-corrected chi connectivity index (χ2v) is 7.00. The maximum atomic E-state index is 13.1. The molecule has 29 heavy (non-hydrogen) atoms. The number of carbonyl (C=O) groups excluding carboxylic acids is 2.